The normalized spacial score (nSPS) is 13.9. The Morgan fingerprint density at radius 1 is 1.60 bits per heavy atom. The van der Waals surface area contributed by atoms with E-state index in [1.165, 1.54) is 0 Å². The molecule has 0 aliphatic heterocycles. The van der Waals surface area contributed by atoms with Crippen LogP contribution in [-0.2, 0) is 9.84 Å². The second-order valence-corrected chi connectivity index (χ2v) is 4.17. The molecule has 4 nitrogen and oxygen atoms in total. The van der Waals surface area contributed by atoms with Crippen molar-refractivity contribution < 1.29 is 13.5 Å². The Labute approximate surface area is 66.7 Å². The lowest BCUT2D eigenvalue weighted by Crippen LogP contribution is -2.27. The molecule has 0 aliphatic rings. The van der Waals surface area contributed by atoms with Crippen molar-refractivity contribution in [2.45, 2.75) is 6.10 Å². The maximum Gasteiger partial charge on any atom is 0.150 e. The topological polar surface area (TPSA) is 80.4 Å². The highest BCUT2D eigenvalue weighted by atomic mass is 35.5. The number of aliphatic hydroxyl groups excluding tert-OH is 1. The first-order chi connectivity index (χ1) is 3.95. The van der Waals surface area contributed by atoms with Crippen molar-refractivity contribution in [2.24, 2.45) is 5.73 Å². The van der Waals surface area contributed by atoms with Gasteiger partial charge in [0.15, 0.2) is 0 Å². The van der Waals surface area contributed by atoms with Crippen LogP contribution in [0, 0.1) is 0 Å². The number of aliphatic hydroxyl groups is 1. The van der Waals surface area contributed by atoms with E-state index in [0.717, 1.165) is 6.26 Å². The molecule has 0 heterocycles. The number of halogens is 1. The van der Waals surface area contributed by atoms with E-state index in [-0.39, 0.29) is 24.7 Å². The average molecular weight is 190 g/mol. The van der Waals surface area contributed by atoms with Crippen molar-refractivity contribution in [1.82, 2.24) is 0 Å². The van der Waals surface area contributed by atoms with E-state index < -0.39 is 15.9 Å². The summed E-state index contributed by atoms with van der Waals surface area (Å²) in [7, 11) is -3.07. The molecule has 0 radical (unpaired) electrons. The second kappa shape index (κ2) is 4.90. The van der Waals surface area contributed by atoms with Gasteiger partial charge in [0.25, 0.3) is 0 Å². The first kappa shape index (κ1) is 12.8. The summed E-state index contributed by atoms with van der Waals surface area (Å²) in [5.74, 6) is -0.247. The molecule has 0 amide bonds. The van der Waals surface area contributed by atoms with E-state index in [2.05, 4.69) is 0 Å². The van der Waals surface area contributed by atoms with Gasteiger partial charge in [0, 0.05) is 12.8 Å². The molecule has 3 N–H and O–H groups in total. The van der Waals surface area contributed by atoms with Gasteiger partial charge in [-0.25, -0.2) is 8.42 Å². The van der Waals surface area contributed by atoms with Gasteiger partial charge in [-0.1, -0.05) is 0 Å². The zero-order valence-electron chi connectivity index (χ0n) is 5.65. The molecular weight excluding hydrogens is 178 g/mol. The molecule has 0 bridgehead atoms. The Bertz CT molecular complexity index is 167. The quantitative estimate of drug-likeness (QED) is 0.583. The Morgan fingerprint density at radius 3 is 2.10 bits per heavy atom. The first-order valence-electron chi connectivity index (χ1n) is 2.51. The zero-order valence-corrected chi connectivity index (χ0v) is 7.28. The SMILES string of the molecule is CS(=O)(=O)CC(O)CN.Cl. The number of rotatable bonds is 3. The Balaban J connectivity index is 0. The van der Waals surface area contributed by atoms with E-state index in [4.69, 9.17) is 10.8 Å². The maximum absolute atomic E-state index is 10.4. The van der Waals surface area contributed by atoms with Crippen molar-refractivity contribution in [1.29, 1.82) is 0 Å². The van der Waals surface area contributed by atoms with Crippen LogP contribution in [0.4, 0.5) is 0 Å². The second-order valence-electron chi connectivity index (χ2n) is 1.98. The van der Waals surface area contributed by atoms with Crippen LogP contribution >= 0.6 is 12.4 Å². The van der Waals surface area contributed by atoms with Crippen LogP contribution in [0.15, 0.2) is 0 Å². The Morgan fingerprint density at radius 2 is 2.00 bits per heavy atom. The average Bonchev–Trinajstić information content (AvgIpc) is 1.62. The van der Waals surface area contributed by atoms with Crippen LogP contribution in [0.25, 0.3) is 0 Å². The highest BCUT2D eigenvalue weighted by molar-refractivity contribution is 7.90. The summed E-state index contributed by atoms with van der Waals surface area (Å²) < 4.78 is 20.8. The molecule has 0 aromatic carbocycles. The lowest BCUT2D eigenvalue weighted by molar-refractivity contribution is 0.206. The number of hydrogen-bond donors (Lipinski definition) is 2. The van der Waals surface area contributed by atoms with Crippen molar-refractivity contribution >= 4 is 22.2 Å². The maximum atomic E-state index is 10.4. The third-order valence-electron chi connectivity index (χ3n) is 0.767. The van der Waals surface area contributed by atoms with E-state index >= 15 is 0 Å². The van der Waals surface area contributed by atoms with E-state index in [9.17, 15) is 8.42 Å². The van der Waals surface area contributed by atoms with Crippen LogP contribution in [0.2, 0.25) is 0 Å². The molecule has 0 fully saturated rings. The molecule has 0 aliphatic carbocycles. The van der Waals surface area contributed by atoms with Gasteiger partial charge in [0.1, 0.15) is 9.84 Å². The van der Waals surface area contributed by atoms with Crippen molar-refractivity contribution in [3.8, 4) is 0 Å². The van der Waals surface area contributed by atoms with Crippen molar-refractivity contribution in [2.75, 3.05) is 18.6 Å². The summed E-state index contributed by atoms with van der Waals surface area (Å²) in [6, 6.07) is 0. The van der Waals surface area contributed by atoms with Gasteiger partial charge in [-0.2, -0.15) is 0 Å². The molecule has 0 spiro atoms. The molecule has 0 rings (SSSR count). The van der Waals surface area contributed by atoms with Crippen molar-refractivity contribution in [3.63, 3.8) is 0 Å². The molecule has 0 aromatic rings. The van der Waals surface area contributed by atoms with E-state index in [1.54, 1.807) is 0 Å². The lowest BCUT2D eigenvalue weighted by Gasteiger charge is -2.03. The van der Waals surface area contributed by atoms with Gasteiger partial charge >= 0.3 is 0 Å². The molecule has 10 heavy (non-hydrogen) atoms. The summed E-state index contributed by atoms with van der Waals surface area (Å²) in [5.41, 5.74) is 4.96. The molecular formula is C4H12ClNO3S. The molecule has 0 aromatic heterocycles. The number of sulfone groups is 1. The molecule has 0 saturated carbocycles. The Hall–Kier alpha value is 0.160. The zero-order chi connectivity index (χ0) is 7.49. The van der Waals surface area contributed by atoms with Gasteiger partial charge in [-0.15, -0.1) is 12.4 Å². The first-order valence-corrected chi connectivity index (χ1v) is 4.57. The third kappa shape index (κ3) is 8.16. The van der Waals surface area contributed by atoms with Gasteiger partial charge < -0.3 is 10.8 Å². The third-order valence-corrected chi connectivity index (χ3v) is 1.76. The lowest BCUT2D eigenvalue weighted by atomic mass is 10.4. The monoisotopic (exact) mass is 189 g/mol. The highest BCUT2D eigenvalue weighted by Gasteiger charge is 2.08. The minimum atomic E-state index is -3.07. The fourth-order valence-electron chi connectivity index (χ4n) is 0.418. The number of nitrogens with two attached hydrogens (primary N) is 1. The van der Waals surface area contributed by atoms with Gasteiger partial charge in [-0.05, 0) is 0 Å². The predicted octanol–water partition coefficient (Wildman–Crippen LogP) is -1.23. The molecule has 0 saturated heterocycles. The smallest absolute Gasteiger partial charge is 0.150 e. The molecule has 6 heteroatoms. The van der Waals surface area contributed by atoms with Gasteiger partial charge in [0.2, 0.25) is 0 Å². The molecule has 1 unspecified atom stereocenters. The summed E-state index contributed by atoms with van der Waals surface area (Å²) in [5, 5.41) is 8.69. The van der Waals surface area contributed by atoms with Crippen LogP contribution in [0.1, 0.15) is 0 Å². The summed E-state index contributed by atoms with van der Waals surface area (Å²) >= 11 is 0. The van der Waals surface area contributed by atoms with Crippen molar-refractivity contribution in [3.05, 3.63) is 0 Å². The van der Waals surface area contributed by atoms with E-state index in [0.29, 0.717) is 0 Å². The van der Waals surface area contributed by atoms with Crippen LogP contribution in [0.3, 0.4) is 0 Å². The molecule has 1 atom stereocenters. The van der Waals surface area contributed by atoms with Crippen LogP contribution < -0.4 is 5.73 Å². The highest BCUT2D eigenvalue weighted by Crippen LogP contribution is 1.87. The van der Waals surface area contributed by atoms with Crippen LogP contribution in [-0.4, -0.2) is 38.2 Å². The van der Waals surface area contributed by atoms with Gasteiger partial charge in [0.05, 0.1) is 11.9 Å². The minimum absolute atomic E-state index is 0. The summed E-state index contributed by atoms with van der Waals surface area (Å²) in [6.45, 7) is -0.00687. The Kier molecular flexibility index (Phi) is 6.27. The van der Waals surface area contributed by atoms with Crippen LogP contribution in [0.5, 0.6) is 0 Å². The minimum Gasteiger partial charge on any atom is -0.391 e. The fraction of sp³-hybridized carbons (Fsp3) is 1.00. The number of hydrogen-bond acceptors (Lipinski definition) is 4. The summed E-state index contributed by atoms with van der Waals surface area (Å²) in [4.78, 5) is 0. The van der Waals surface area contributed by atoms with E-state index in [1.807, 2.05) is 0 Å². The largest absolute Gasteiger partial charge is 0.391 e. The standard InChI is InChI=1S/C4H11NO3S.ClH/c1-9(7,8)3-4(6)2-5;/h4,6H,2-3,5H2,1H3;1H. The van der Waals surface area contributed by atoms with Gasteiger partial charge in [-0.3, -0.25) is 0 Å². The fourth-order valence-corrected chi connectivity index (χ4v) is 1.25. The molecule has 64 valence electrons. The summed E-state index contributed by atoms with van der Waals surface area (Å²) in [6.07, 6.45) is 0.145. The predicted molar refractivity (Wildman–Crippen MR) is 42.0 cm³/mol.